The van der Waals surface area contributed by atoms with Gasteiger partial charge in [-0.3, -0.25) is 14.8 Å². The van der Waals surface area contributed by atoms with Crippen molar-refractivity contribution in [1.29, 1.82) is 0 Å². The first-order chi connectivity index (χ1) is 6.61. The molecule has 0 bridgehead atoms. The fourth-order valence-corrected chi connectivity index (χ4v) is 1.32. The van der Waals surface area contributed by atoms with Crippen molar-refractivity contribution in [1.82, 2.24) is 9.78 Å². The summed E-state index contributed by atoms with van der Waals surface area (Å²) in [6.45, 7) is 0. The van der Waals surface area contributed by atoms with Crippen LogP contribution in [0.3, 0.4) is 0 Å². The van der Waals surface area contributed by atoms with Crippen LogP contribution in [0.25, 0.3) is 10.9 Å². The monoisotopic (exact) mass is 195 g/mol. The number of aryl methyl sites for hydroxylation is 1. The maximum Gasteiger partial charge on any atom is 0.305 e. The highest BCUT2D eigenvalue weighted by molar-refractivity contribution is 5.81. The van der Waals surface area contributed by atoms with Crippen molar-refractivity contribution in [3.8, 4) is 0 Å². The number of rotatable bonds is 1. The third-order valence-corrected chi connectivity index (χ3v) is 2.04. The van der Waals surface area contributed by atoms with E-state index in [0.29, 0.717) is 5.52 Å². The van der Waals surface area contributed by atoms with Gasteiger partial charge in [-0.15, -0.1) is 0 Å². The summed E-state index contributed by atoms with van der Waals surface area (Å²) in [5, 5.41) is 14.4. The second-order valence-electron chi connectivity index (χ2n) is 2.86. The Kier molecular flexibility index (Phi) is 1.70. The summed E-state index contributed by atoms with van der Waals surface area (Å²) >= 11 is 0. The molecule has 0 radical (unpaired) electrons. The highest BCUT2D eigenvalue weighted by atomic mass is 19.1. The number of hydrogen-bond acceptors (Lipinski definition) is 3. The average molecular weight is 195 g/mol. The van der Waals surface area contributed by atoms with Crippen LogP contribution in [-0.4, -0.2) is 14.7 Å². The molecule has 72 valence electrons. The van der Waals surface area contributed by atoms with E-state index in [1.807, 2.05) is 0 Å². The summed E-state index contributed by atoms with van der Waals surface area (Å²) < 4.78 is 14.9. The Hall–Kier alpha value is -1.98. The van der Waals surface area contributed by atoms with Gasteiger partial charge in [0.05, 0.1) is 22.0 Å². The number of aromatic nitrogens is 2. The van der Waals surface area contributed by atoms with Gasteiger partial charge >= 0.3 is 5.69 Å². The number of nitro benzene ring substituents is 1. The summed E-state index contributed by atoms with van der Waals surface area (Å²) in [6.07, 6.45) is 1.28. The normalized spacial score (nSPS) is 10.7. The van der Waals surface area contributed by atoms with Crippen molar-refractivity contribution in [2.24, 2.45) is 7.05 Å². The highest BCUT2D eigenvalue weighted by Crippen LogP contribution is 2.25. The van der Waals surface area contributed by atoms with Gasteiger partial charge in [-0.2, -0.15) is 9.49 Å². The zero-order valence-electron chi connectivity index (χ0n) is 7.27. The van der Waals surface area contributed by atoms with Gasteiger partial charge in [-0.1, -0.05) is 0 Å². The van der Waals surface area contributed by atoms with E-state index in [9.17, 15) is 14.5 Å². The first-order valence-electron chi connectivity index (χ1n) is 3.86. The van der Waals surface area contributed by atoms with E-state index in [0.717, 1.165) is 6.07 Å². The molecule has 1 heterocycles. The molecule has 14 heavy (non-hydrogen) atoms. The number of halogens is 1. The lowest BCUT2D eigenvalue weighted by molar-refractivity contribution is -0.387. The molecule has 0 atom stereocenters. The summed E-state index contributed by atoms with van der Waals surface area (Å²) in [4.78, 5) is 9.66. The Morgan fingerprint density at radius 2 is 2.29 bits per heavy atom. The second kappa shape index (κ2) is 2.76. The molecule has 0 unspecified atom stereocenters. The Morgan fingerprint density at radius 3 is 2.93 bits per heavy atom. The van der Waals surface area contributed by atoms with E-state index in [-0.39, 0.29) is 5.39 Å². The summed E-state index contributed by atoms with van der Waals surface area (Å²) in [7, 11) is 1.65. The molecule has 0 spiro atoms. The quantitative estimate of drug-likeness (QED) is 0.513. The standard InChI is InChI=1S/C8H6FN3O2/c1-11-6-2-3-7(12(13)14)8(9)5(6)4-10-11/h2-4H,1H3. The van der Waals surface area contributed by atoms with Crippen LogP contribution in [0.4, 0.5) is 10.1 Å². The summed E-state index contributed by atoms with van der Waals surface area (Å²) in [5.41, 5.74) is 0.0126. The van der Waals surface area contributed by atoms with Crippen molar-refractivity contribution < 1.29 is 9.31 Å². The zero-order valence-corrected chi connectivity index (χ0v) is 7.27. The predicted octanol–water partition coefficient (Wildman–Crippen LogP) is 1.62. The fraction of sp³-hybridized carbons (Fsp3) is 0.125. The van der Waals surface area contributed by atoms with Gasteiger partial charge in [0.1, 0.15) is 0 Å². The largest absolute Gasteiger partial charge is 0.305 e. The molecular weight excluding hydrogens is 189 g/mol. The number of fused-ring (bicyclic) bond motifs is 1. The minimum Gasteiger partial charge on any atom is -0.268 e. The van der Waals surface area contributed by atoms with Gasteiger partial charge in [0, 0.05) is 13.1 Å². The highest BCUT2D eigenvalue weighted by Gasteiger charge is 2.18. The number of benzene rings is 1. The smallest absolute Gasteiger partial charge is 0.268 e. The van der Waals surface area contributed by atoms with Gasteiger partial charge in [-0.25, -0.2) is 0 Å². The number of nitrogens with zero attached hydrogens (tertiary/aromatic N) is 3. The van der Waals surface area contributed by atoms with Crippen molar-refractivity contribution in [2.75, 3.05) is 0 Å². The molecule has 6 heteroatoms. The van der Waals surface area contributed by atoms with Gasteiger partial charge in [0.25, 0.3) is 0 Å². The molecule has 2 rings (SSSR count). The van der Waals surface area contributed by atoms with Crippen LogP contribution in [0, 0.1) is 15.9 Å². The molecule has 0 aliphatic rings. The van der Waals surface area contributed by atoms with Crippen LogP contribution in [-0.2, 0) is 7.05 Å². The van der Waals surface area contributed by atoms with E-state index in [1.54, 1.807) is 7.05 Å². The second-order valence-corrected chi connectivity index (χ2v) is 2.86. The van der Waals surface area contributed by atoms with Crippen molar-refractivity contribution in [3.63, 3.8) is 0 Å². The van der Waals surface area contributed by atoms with Gasteiger partial charge in [0.2, 0.25) is 5.82 Å². The van der Waals surface area contributed by atoms with Crippen LogP contribution in [0.5, 0.6) is 0 Å². The molecule has 0 aliphatic heterocycles. The molecule has 0 amide bonds. The maximum atomic E-state index is 13.4. The van der Waals surface area contributed by atoms with Crippen LogP contribution in [0.2, 0.25) is 0 Å². The molecule has 0 aliphatic carbocycles. The van der Waals surface area contributed by atoms with Gasteiger partial charge in [-0.05, 0) is 6.07 Å². The average Bonchev–Trinajstić information content (AvgIpc) is 2.49. The molecule has 0 saturated carbocycles. The Labute approximate surface area is 77.9 Å². The predicted molar refractivity (Wildman–Crippen MR) is 47.3 cm³/mol. The van der Waals surface area contributed by atoms with E-state index < -0.39 is 16.4 Å². The molecular formula is C8H6FN3O2. The molecule has 0 fully saturated rings. The van der Waals surface area contributed by atoms with Crippen molar-refractivity contribution in [2.45, 2.75) is 0 Å². The van der Waals surface area contributed by atoms with Gasteiger partial charge < -0.3 is 0 Å². The van der Waals surface area contributed by atoms with E-state index in [1.165, 1.54) is 16.9 Å². The first-order valence-corrected chi connectivity index (χ1v) is 3.86. The Bertz CT molecular complexity index is 521. The summed E-state index contributed by atoms with van der Waals surface area (Å²) in [5.74, 6) is -0.833. The van der Waals surface area contributed by atoms with E-state index in [2.05, 4.69) is 5.10 Å². The molecule has 0 saturated heterocycles. The lowest BCUT2D eigenvalue weighted by Crippen LogP contribution is -1.94. The minimum absolute atomic E-state index is 0.168. The Balaban J connectivity index is 2.82. The van der Waals surface area contributed by atoms with E-state index >= 15 is 0 Å². The SMILES string of the molecule is Cn1ncc2c(F)c([N+](=O)[O-])ccc21. The minimum atomic E-state index is -0.833. The van der Waals surface area contributed by atoms with Gasteiger partial charge in [0.15, 0.2) is 0 Å². The topological polar surface area (TPSA) is 61.0 Å². The van der Waals surface area contributed by atoms with Crippen molar-refractivity contribution in [3.05, 3.63) is 34.3 Å². The maximum absolute atomic E-state index is 13.4. The zero-order chi connectivity index (χ0) is 10.3. The molecule has 2 aromatic rings. The number of hydrogen-bond donors (Lipinski definition) is 0. The lowest BCUT2D eigenvalue weighted by Gasteiger charge is -1.96. The number of nitro groups is 1. The molecule has 5 nitrogen and oxygen atoms in total. The van der Waals surface area contributed by atoms with Crippen LogP contribution >= 0.6 is 0 Å². The Morgan fingerprint density at radius 1 is 1.57 bits per heavy atom. The molecule has 1 aromatic heterocycles. The lowest BCUT2D eigenvalue weighted by atomic mass is 10.2. The molecule has 0 N–H and O–H groups in total. The van der Waals surface area contributed by atoms with Crippen molar-refractivity contribution >= 4 is 16.6 Å². The molecule has 1 aromatic carbocycles. The van der Waals surface area contributed by atoms with Crippen LogP contribution in [0.1, 0.15) is 0 Å². The van der Waals surface area contributed by atoms with Crippen LogP contribution in [0.15, 0.2) is 18.3 Å². The van der Waals surface area contributed by atoms with Crippen LogP contribution < -0.4 is 0 Å². The third-order valence-electron chi connectivity index (χ3n) is 2.04. The summed E-state index contributed by atoms with van der Waals surface area (Å²) in [6, 6.07) is 2.61. The first kappa shape index (κ1) is 8.61. The van der Waals surface area contributed by atoms with E-state index in [4.69, 9.17) is 0 Å². The third kappa shape index (κ3) is 1.04. The fourth-order valence-electron chi connectivity index (χ4n) is 1.32.